The number of hydrogen-bond acceptors (Lipinski definition) is 3. The van der Waals surface area contributed by atoms with Crippen molar-refractivity contribution < 1.29 is 9.84 Å². The van der Waals surface area contributed by atoms with Crippen LogP contribution in [0.1, 0.15) is 26.2 Å². The van der Waals surface area contributed by atoms with Crippen LogP contribution in [0.15, 0.2) is 0 Å². The maximum Gasteiger partial charge on any atom is 0.0798 e. The van der Waals surface area contributed by atoms with E-state index in [1.807, 2.05) is 11.8 Å². The molecule has 1 N–H and O–H groups in total. The Labute approximate surface area is 84.0 Å². The van der Waals surface area contributed by atoms with Gasteiger partial charge in [0, 0.05) is 23.5 Å². The van der Waals surface area contributed by atoms with Crippen molar-refractivity contribution in [2.45, 2.75) is 37.0 Å². The molecule has 2 heterocycles. The first-order chi connectivity index (χ1) is 6.21. The van der Waals surface area contributed by atoms with Crippen molar-refractivity contribution in [3.05, 3.63) is 0 Å². The second-order valence-electron chi connectivity index (χ2n) is 4.34. The number of aliphatic hydroxyl groups is 1. The Morgan fingerprint density at radius 3 is 2.92 bits per heavy atom. The third-order valence-electron chi connectivity index (χ3n) is 3.18. The molecular formula is C10H18O2S. The van der Waals surface area contributed by atoms with E-state index in [4.69, 9.17) is 4.74 Å². The van der Waals surface area contributed by atoms with Crippen molar-refractivity contribution >= 4 is 11.8 Å². The van der Waals surface area contributed by atoms with Crippen LogP contribution in [0.5, 0.6) is 0 Å². The van der Waals surface area contributed by atoms with Crippen molar-refractivity contribution in [3.8, 4) is 0 Å². The Bertz CT molecular complexity index is 180. The molecule has 2 aliphatic rings. The molecule has 2 nitrogen and oxygen atoms in total. The monoisotopic (exact) mass is 202 g/mol. The van der Waals surface area contributed by atoms with Gasteiger partial charge in [-0.15, -0.1) is 0 Å². The van der Waals surface area contributed by atoms with Crippen LogP contribution < -0.4 is 0 Å². The molecule has 0 spiro atoms. The molecule has 0 amide bonds. The lowest BCUT2D eigenvalue weighted by atomic mass is 9.82. The Balaban J connectivity index is 1.97. The van der Waals surface area contributed by atoms with E-state index in [1.165, 1.54) is 0 Å². The first-order valence-corrected chi connectivity index (χ1v) is 6.17. The van der Waals surface area contributed by atoms with Gasteiger partial charge in [0.1, 0.15) is 0 Å². The van der Waals surface area contributed by atoms with Crippen molar-refractivity contribution in [2.75, 3.05) is 19.0 Å². The van der Waals surface area contributed by atoms with E-state index >= 15 is 0 Å². The van der Waals surface area contributed by atoms with Gasteiger partial charge in [-0.3, -0.25) is 0 Å². The fourth-order valence-corrected chi connectivity index (χ4v) is 3.68. The summed E-state index contributed by atoms with van der Waals surface area (Å²) < 4.78 is 5.43. The van der Waals surface area contributed by atoms with Crippen LogP contribution in [0.4, 0.5) is 0 Å². The van der Waals surface area contributed by atoms with Gasteiger partial charge in [-0.05, 0) is 19.3 Å². The Morgan fingerprint density at radius 1 is 1.54 bits per heavy atom. The maximum absolute atomic E-state index is 10.4. The molecule has 0 aromatic carbocycles. The second-order valence-corrected chi connectivity index (χ2v) is 5.77. The average molecular weight is 202 g/mol. The maximum atomic E-state index is 10.4. The van der Waals surface area contributed by atoms with Crippen molar-refractivity contribution in [1.82, 2.24) is 0 Å². The van der Waals surface area contributed by atoms with E-state index in [9.17, 15) is 5.11 Å². The summed E-state index contributed by atoms with van der Waals surface area (Å²) in [6.45, 7) is 3.85. The van der Waals surface area contributed by atoms with E-state index in [0.29, 0.717) is 11.2 Å². The highest BCUT2D eigenvalue weighted by Crippen LogP contribution is 2.41. The topological polar surface area (TPSA) is 29.5 Å². The summed E-state index contributed by atoms with van der Waals surface area (Å²) in [4.78, 5) is 0. The summed E-state index contributed by atoms with van der Waals surface area (Å²) in [6, 6.07) is 0. The van der Waals surface area contributed by atoms with Crippen LogP contribution in [-0.4, -0.2) is 34.9 Å². The van der Waals surface area contributed by atoms with Crippen molar-refractivity contribution in [3.63, 3.8) is 0 Å². The van der Waals surface area contributed by atoms with E-state index in [0.717, 1.165) is 38.2 Å². The van der Waals surface area contributed by atoms with Gasteiger partial charge < -0.3 is 9.84 Å². The molecule has 0 aromatic rings. The molecule has 2 saturated heterocycles. The summed E-state index contributed by atoms with van der Waals surface area (Å²) in [5.41, 5.74) is -0.426. The van der Waals surface area contributed by atoms with Gasteiger partial charge in [0.2, 0.25) is 0 Å². The van der Waals surface area contributed by atoms with E-state index in [2.05, 4.69) is 6.92 Å². The van der Waals surface area contributed by atoms with E-state index in [-0.39, 0.29) is 0 Å². The fraction of sp³-hybridized carbons (Fsp3) is 1.00. The zero-order valence-corrected chi connectivity index (χ0v) is 8.98. The summed E-state index contributed by atoms with van der Waals surface area (Å²) in [6.07, 6.45) is 3.21. The number of rotatable bonds is 1. The quantitative estimate of drug-likeness (QED) is 0.701. The van der Waals surface area contributed by atoms with Gasteiger partial charge in [-0.25, -0.2) is 0 Å². The lowest BCUT2D eigenvalue weighted by Gasteiger charge is -2.34. The normalized spacial score (nSPS) is 46.6. The molecule has 0 radical (unpaired) electrons. The van der Waals surface area contributed by atoms with Crippen LogP contribution in [0.25, 0.3) is 0 Å². The molecule has 0 aromatic heterocycles. The van der Waals surface area contributed by atoms with Crippen LogP contribution in [0.3, 0.4) is 0 Å². The van der Waals surface area contributed by atoms with Crippen LogP contribution >= 0.6 is 11.8 Å². The summed E-state index contributed by atoms with van der Waals surface area (Å²) in [7, 11) is 0. The molecule has 3 unspecified atom stereocenters. The summed E-state index contributed by atoms with van der Waals surface area (Å²) >= 11 is 1.89. The van der Waals surface area contributed by atoms with Gasteiger partial charge in [-0.2, -0.15) is 11.8 Å². The zero-order chi connectivity index (χ0) is 9.31. The number of thioether (sulfide) groups is 1. The largest absolute Gasteiger partial charge is 0.389 e. The molecule has 3 atom stereocenters. The minimum absolute atomic E-state index is 0.388. The first kappa shape index (κ1) is 9.81. The van der Waals surface area contributed by atoms with Gasteiger partial charge in [-0.1, -0.05) is 6.92 Å². The SMILES string of the molecule is CC1CC(O)(C2CCCOC2)CS1. The highest BCUT2D eigenvalue weighted by atomic mass is 32.2. The highest BCUT2D eigenvalue weighted by Gasteiger charge is 2.43. The first-order valence-electron chi connectivity index (χ1n) is 5.12. The van der Waals surface area contributed by atoms with Gasteiger partial charge in [0.05, 0.1) is 12.2 Å². The standard InChI is InChI=1S/C10H18O2S/c1-8-5-10(11,7-13-8)9-3-2-4-12-6-9/h8-9,11H,2-7H2,1H3. The third kappa shape index (κ3) is 2.03. The lowest BCUT2D eigenvalue weighted by molar-refractivity contribution is -0.0648. The van der Waals surface area contributed by atoms with E-state index in [1.54, 1.807) is 0 Å². The van der Waals surface area contributed by atoms with Crippen molar-refractivity contribution in [2.24, 2.45) is 5.92 Å². The van der Waals surface area contributed by atoms with Crippen LogP contribution in [0, 0.1) is 5.92 Å². The molecule has 76 valence electrons. The van der Waals surface area contributed by atoms with Gasteiger partial charge >= 0.3 is 0 Å². The average Bonchev–Trinajstić information content (AvgIpc) is 2.49. The van der Waals surface area contributed by atoms with Crippen LogP contribution in [-0.2, 0) is 4.74 Å². The molecule has 2 fully saturated rings. The molecule has 0 saturated carbocycles. The molecule has 2 rings (SSSR count). The zero-order valence-electron chi connectivity index (χ0n) is 8.16. The Morgan fingerprint density at radius 2 is 2.38 bits per heavy atom. The molecule has 0 bridgehead atoms. The molecule has 0 aliphatic carbocycles. The molecule has 2 aliphatic heterocycles. The lowest BCUT2D eigenvalue weighted by Crippen LogP contribution is -2.42. The summed E-state index contributed by atoms with van der Waals surface area (Å²) in [5, 5.41) is 11.0. The number of ether oxygens (including phenoxy) is 1. The second kappa shape index (κ2) is 3.79. The highest BCUT2D eigenvalue weighted by molar-refractivity contribution is 8.00. The molecular weight excluding hydrogens is 184 g/mol. The van der Waals surface area contributed by atoms with E-state index < -0.39 is 5.60 Å². The minimum atomic E-state index is -0.426. The summed E-state index contributed by atoms with van der Waals surface area (Å²) in [5.74, 6) is 1.29. The molecule has 3 heteroatoms. The number of hydrogen-bond donors (Lipinski definition) is 1. The Hall–Kier alpha value is 0.270. The third-order valence-corrected chi connectivity index (χ3v) is 4.58. The predicted octanol–water partition coefficient (Wildman–Crippen LogP) is 1.67. The predicted molar refractivity (Wildman–Crippen MR) is 55.0 cm³/mol. The Kier molecular flexibility index (Phi) is 2.86. The smallest absolute Gasteiger partial charge is 0.0798 e. The molecule has 13 heavy (non-hydrogen) atoms. The van der Waals surface area contributed by atoms with Gasteiger partial charge in [0.15, 0.2) is 0 Å². The fourth-order valence-electron chi connectivity index (χ4n) is 2.35. The minimum Gasteiger partial charge on any atom is -0.389 e. The van der Waals surface area contributed by atoms with Gasteiger partial charge in [0.25, 0.3) is 0 Å². The van der Waals surface area contributed by atoms with Crippen LogP contribution in [0.2, 0.25) is 0 Å². The van der Waals surface area contributed by atoms with Crippen molar-refractivity contribution in [1.29, 1.82) is 0 Å².